The second-order valence-electron chi connectivity index (χ2n) is 3.30. The number of aliphatic hydroxyl groups excluding tert-OH is 2. The fraction of sp³-hybridized carbons (Fsp3) is 0.444. The topological polar surface area (TPSA) is 115 Å². The number of carboxylic acids is 1. The van der Waals surface area contributed by atoms with Crippen LogP contribution in [-0.2, 0) is 10.0 Å². The third kappa shape index (κ3) is 3.27. The first kappa shape index (κ1) is 15.1. The Morgan fingerprint density at radius 2 is 1.83 bits per heavy atom. The third-order valence-electron chi connectivity index (χ3n) is 2.12. The maximum absolute atomic E-state index is 12.1. The Labute approximate surface area is 108 Å². The largest absolute Gasteiger partial charge is 0.477 e. The summed E-state index contributed by atoms with van der Waals surface area (Å²) < 4.78 is 25.0. The second-order valence-corrected chi connectivity index (χ2v) is 6.15. The number of carboxylic acid groups (broad SMARTS) is 1. The van der Waals surface area contributed by atoms with E-state index in [-0.39, 0.29) is 36.1 Å². The monoisotopic (exact) mass is 295 g/mol. The molecule has 0 bridgehead atoms. The summed E-state index contributed by atoms with van der Waals surface area (Å²) in [6, 6.07) is 1.06. The van der Waals surface area contributed by atoms with Crippen LogP contribution in [0.25, 0.3) is 0 Å². The van der Waals surface area contributed by atoms with Gasteiger partial charge < -0.3 is 15.3 Å². The number of rotatable bonds is 7. The van der Waals surface area contributed by atoms with Crippen LogP contribution in [0.5, 0.6) is 0 Å². The van der Waals surface area contributed by atoms with Gasteiger partial charge in [0.15, 0.2) is 0 Å². The predicted molar refractivity (Wildman–Crippen MR) is 64.2 cm³/mol. The van der Waals surface area contributed by atoms with Gasteiger partial charge in [0.05, 0.1) is 18.1 Å². The fourth-order valence-corrected chi connectivity index (χ4v) is 3.81. The lowest BCUT2D eigenvalue weighted by Gasteiger charge is -2.19. The highest BCUT2D eigenvalue weighted by atomic mass is 32.2. The summed E-state index contributed by atoms with van der Waals surface area (Å²) in [5, 5.41) is 27.5. The Kier molecular flexibility index (Phi) is 5.23. The second kappa shape index (κ2) is 6.25. The molecule has 18 heavy (non-hydrogen) atoms. The van der Waals surface area contributed by atoms with Crippen molar-refractivity contribution in [2.45, 2.75) is 4.90 Å². The van der Waals surface area contributed by atoms with Crippen molar-refractivity contribution in [1.82, 2.24) is 4.31 Å². The van der Waals surface area contributed by atoms with Crippen molar-refractivity contribution in [2.75, 3.05) is 26.3 Å². The lowest BCUT2D eigenvalue weighted by Crippen LogP contribution is -2.35. The molecule has 1 rings (SSSR count). The Bertz CT molecular complexity index is 503. The number of carbonyl (C=O) groups is 1. The maximum Gasteiger partial charge on any atom is 0.345 e. The summed E-state index contributed by atoms with van der Waals surface area (Å²) in [5.41, 5.74) is 0. The molecule has 1 aromatic heterocycles. The molecule has 1 heterocycles. The van der Waals surface area contributed by atoms with E-state index in [4.69, 9.17) is 15.3 Å². The highest BCUT2D eigenvalue weighted by molar-refractivity contribution is 7.89. The van der Waals surface area contributed by atoms with E-state index in [1.165, 1.54) is 5.38 Å². The summed E-state index contributed by atoms with van der Waals surface area (Å²) in [6.07, 6.45) is 0. The number of aromatic carboxylic acids is 1. The summed E-state index contributed by atoms with van der Waals surface area (Å²) in [4.78, 5) is 10.5. The van der Waals surface area contributed by atoms with Crippen molar-refractivity contribution >= 4 is 27.3 Å². The Balaban J connectivity index is 3.05. The molecule has 0 aliphatic heterocycles. The van der Waals surface area contributed by atoms with E-state index in [2.05, 4.69) is 0 Å². The fourth-order valence-electron chi connectivity index (χ4n) is 1.29. The van der Waals surface area contributed by atoms with Crippen LogP contribution in [0.15, 0.2) is 16.3 Å². The van der Waals surface area contributed by atoms with E-state index >= 15 is 0 Å². The summed E-state index contributed by atoms with van der Waals surface area (Å²) >= 11 is 0.808. The summed E-state index contributed by atoms with van der Waals surface area (Å²) in [5.74, 6) is -1.20. The van der Waals surface area contributed by atoms with Gasteiger partial charge in [-0.3, -0.25) is 0 Å². The molecule has 0 fully saturated rings. The normalized spacial score (nSPS) is 11.9. The highest BCUT2D eigenvalue weighted by Crippen LogP contribution is 2.22. The molecule has 0 unspecified atom stereocenters. The summed E-state index contributed by atoms with van der Waals surface area (Å²) in [7, 11) is -3.88. The molecule has 9 heteroatoms. The molecule has 0 aromatic carbocycles. The molecule has 7 nitrogen and oxygen atoms in total. The number of aliphatic hydroxyl groups is 2. The van der Waals surface area contributed by atoms with Gasteiger partial charge in [0.2, 0.25) is 10.0 Å². The Hall–Kier alpha value is -1.00. The molecule has 0 aliphatic carbocycles. The van der Waals surface area contributed by atoms with E-state index in [0.29, 0.717) is 0 Å². The molecular weight excluding hydrogens is 282 g/mol. The van der Waals surface area contributed by atoms with Crippen molar-refractivity contribution in [3.05, 3.63) is 16.3 Å². The van der Waals surface area contributed by atoms with Crippen LogP contribution >= 0.6 is 11.3 Å². The van der Waals surface area contributed by atoms with E-state index in [1.54, 1.807) is 0 Å². The molecular formula is C9H13NO6S2. The lowest BCUT2D eigenvalue weighted by atomic mass is 10.5. The van der Waals surface area contributed by atoms with Gasteiger partial charge in [-0.2, -0.15) is 4.31 Å². The van der Waals surface area contributed by atoms with E-state index < -0.39 is 16.0 Å². The zero-order valence-corrected chi connectivity index (χ0v) is 10.9. The molecule has 0 saturated carbocycles. The minimum Gasteiger partial charge on any atom is -0.477 e. The van der Waals surface area contributed by atoms with E-state index in [0.717, 1.165) is 21.7 Å². The number of nitrogens with zero attached hydrogens (tertiary/aromatic N) is 1. The van der Waals surface area contributed by atoms with Crippen LogP contribution < -0.4 is 0 Å². The van der Waals surface area contributed by atoms with Gasteiger partial charge >= 0.3 is 5.97 Å². The van der Waals surface area contributed by atoms with E-state index in [9.17, 15) is 13.2 Å². The van der Waals surface area contributed by atoms with Crippen molar-refractivity contribution in [3.8, 4) is 0 Å². The smallest absolute Gasteiger partial charge is 0.345 e. The molecule has 0 spiro atoms. The molecule has 0 aliphatic rings. The number of thiophene rings is 1. The average Bonchev–Trinajstić information content (AvgIpc) is 2.78. The van der Waals surface area contributed by atoms with Crippen LogP contribution in [0.1, 0.15) is 9.67 Å². The van der Waals surface area contributed by atoms with Gasteiger partial charge in [-0.25, -0.2) is 13.2 Å². The van der Waals surface area contributed by atoms with Crippen molar-refractivity contribution in [3.63, 3.8) is 0 Å². The standard InChI is InChI=1S/C9H13NO6S2/c11-3-1-10(2-4-12)18(15,16)7-5-8(9(13)14)17-6-7/h5-6,11-12H,1-4H2,(H,13,14). The average molecular weight is 295 g/mol. The maximum atomic E-state index is 12.1. The van der Waals surface area contributed by atoms with Gasteiger partial charge in [-0.1, -0.05) is 0 Å². The Morgan fingerprint density at radius 3 is 2.22 bits per heavy atom. The molecule has 0 amide bonds. The summed E-state index contributed by atoms with van der Waals surface area (Å²) in [6.45, 7) is -1.06. The molecule has 0 saturated heterocycles. The van der Waals surface area contributed by atoms with Crippen molar-refractivity contribution < 1.29 is 28.5 Å². The van der Waals surface area contributed by atoms with E-state index in [1.807, 2.05) is 0 Å². The SMILES string of the molecule is O=C(O)c1cc(S(=O)(=O)N(CCO)CCO)cs1. The minimum absolute atomic E-state index is 0.0819. The molecule has 102 valence electrons. The number of sulfonamides is 1. The first-order valence-corrected chi connectivity index (χ1v) is 7.29. The van der Waals surface area contributed by atoms with Crippen LogP contribution in [0, 0.1) is 0 Å². The van der Waals surface area contributed by atoms with Gasteiger partial charge in [-0.15, -0.1) is 11.3 Å². The van der Waals surface area contributed by atoms with Gasteiger partial charge in [-0.05, 0) is 6.07 Å². The lowest BCUT2D eigenvalue weighted by molar-refractivity contribution is 0.0702. The zero-order valence-electron chi connectivity index (χ0n) is 9.31. The Morgan fingerprint density at radius 1 is 1.28 bits per heavy atom. The first-order chi connectivity index (χ1) is 8.43. The van der Waals surface area contributed by atoms with Gasteiger partial charge in [0.25, 0.3) is 0 Å². The zero-order chi connectivity index (χ0) is 13.8. The number of hydrogen-bond acceptors (Lipinski definition) is 6. The van der Waals surface area contributed by atoms with Crippen molar-refractivity contribution in [2.24, 2.45) is 0 Å². The molecule has 1 aromatic rings. The van der Waals surface area contributed by atoms with Crippen LogP contribution in [-0.4, -0.2) is 60.3 Å². The minimum atomic E-state index is -3.88. The van der Waals surface area contributed by atoms with Crippen LogP contribution in [0.3, 0.4) is 0 Å². The van der Waals surface area contributed by atoms with Gasteiger partial charge in [0, 0.05) is 18.5 Å². The van der Waals surface area contributed by atoms with Crippen LogP contribution in [0.2, 0.25) is 0 Å². The molecule has 3 N–H and O–H groups in total. The third-order valence-corrected chi connectivity index (χ3v) is 5.07. The quantitative estimate of drug-likeness (QED) is 0.620. The highest BCUT2D eigenvalue weighted by Gasteiger charge is 2.25. The van der Waals surface area contributed by atoms with Crippen LogP contribution in [0.4, 0.5) is 0 Å². The molecule has 0 atom stereocenters. The van der Waals surface area contributed by atoms with Gasteiger partial charge in [0.1, 0.15) is 4.88 Å². The predicted octanol–water partition coefficient (Wildman–Crippen LogP) is -0.578. The first-order valence-electron chi connectivity index (χ1n) is 4.97. The number of hydrogen-bond donors (Lipinski definition) is 3. The van der Waals surface area contributed by atoms with Crippen molar-refractivity contribution in [1.29, 1.82) is 0 Å². The molecule has 0 radical (unpaired) electrons.